The first-order valence-corrected chi connectivity index (χ1v) is 8.65. The topological polar surface area (TPSA) is 73.3 Å². The molecule has 0 saturated carbocycles. The minimum absolute atomic E-state index is 0.148. The second-order valence-corrected chi connectivity index (χ2v) is 6.66. The average molecular weight is 307 g/mol. The van der Waals surface area contributed by atoms with E-state index in [0.717, 1.165) is 47.7 Å². The highest BCUT2D eigenvalue weighted by molar-refractivity contribution is 7.99. The van der Waals surface area contributed by atoms with Gasteiger partial charge in [0.2, 0.25) is 0 Å². The van der Waals surface area contributed by atoms with Crippen LogP contribution in [-0.2, 0) is 0 Å². The third-order valence-corrected chi connectivity index (χ3v) is 4.90. The molecule has 0 aromatic heterocycles. The molecule has 0 aliphatic carbocycles. The van der Waals surface area contributed by atoms with Gasteiger partial charge in [-0.1, -0.05) is 13.0 Å². The SMILES string of the molecule is CCSc1cccc(N2CCCC2CCCO)c1C(=N)N. The van der Waals surface area contributed by atoms with Gasteiger partial charge in [0.05, 0.1) is 5.56 Å². The van der Waals surface area contributed by atoms with Crippen molar-refractivity contribution in [2.45, 2.75) is 43.5 Å². The lowest BCUT2D eigenvalue weighted by Gasteiger charge is -2.29. The summed E-state index contributed by atoms with van der Waals surface area (Å²) in [4.78, 5) is 3.47. The largest absolute Gasteiger partial charge is 0.396 e. The Morgan fingerprint density at radius 1 is 1.52 bits per heavy atom. The van der Waals surface area contributed by atoms with E-state index >= 15 is 0 Å². The summed E-state index contributed by atoms with van der Waals surface area (Å²) in [6.45, 7) is 3.37. The first-order valence-electron chi connectivity index (χ1n) is 7.66. The third kappa shape index (κ3) is 3.71. The fourth-order valence-electron chi connectivity index (χ4n) is 3.09. The number of thioether (sulfide) groups is 1. The van der Waals surface area contributed by atoms with Crippen molar-refractivity contribution in [3.63, 3.8) is 0 Å². The van der Waals surface area contributed by atoms with Crippen LogP contribution in [0.3, 0.4) is 0 Å². The van der Waals surface area contributed by atoms with Crippen LogP contribution in [0.25, 0.3) is 0 Å². The van der Waals surface area contributed by atoms with E-state index in [1.165, 1.54) is 6.42 Å². The van der Waals surface area contributed by atoms with E-state index in [1.54, 1.807) is 11.8 Å². The van der Waals surface area contributed by atoms with Crippen molar-refractivity contribution in [3.8, 4) is 0 Å². The second-order valence-electron chi connectivity index (χ2n) is 5.35. The molecule has 1 fully saturated rings. The number of nitrogens with zero attached hydrogens (tertiary/aromatic N) is 1. The van der Waals surface area contributed by atoms with Gasteiger partial charge in [-0.15, -0.1) is 11.8 Å². The molecule has 1 unspecified atom stereocenters. The minimum atomic E-state index is 0.148. The lowest BCUT2D eigenvalue weighted by molar-refractivity contribution is 0.279. The molecule has 1 saturated heterocycles. The van der Waals surface area contributed by atoms with Crippen LogP contribution in [-0.4, -0.2) is 35.9 Å². The lowest BCUT2D eigenvalue weighted by Crippen LogP contribution is -2.31. The normalized spacial score (nSPS) is 18.2. The zero-order valence-electron chi connectivity index (χ0n) is 12.6. The van der Waals surface area contributed by atoms with Crippen LogP contribution >= 0.6 is 11.8 Å². The van der Waals surface area contributed by atoms with Gasteiger partial charge >= 0.3 is 0 Å². The van der Waals surface area contributed by atoms with E-state index < -0.39 is 0 Å². The van der Waals surface area contributed by atoms with Crippen LogP contribution < -0.4 is 10.6 Å². The van der Waals surface area contributed by atoms with Gasteiger partial charge in [-0.25, -0.2) is 0 Å². The van der Waals surface area contributed by atoms with Gasteiger partial charge in [-0.05, 0) is 43.6 Å². The summed E-state index contributed by atoms with van der Waals surface area (Å²) in [6, 6.07) is 6.64. The molecule has 0 bridgehead atoms. The number of nitrogen functional groups attached to an aromatic ring is 1. The Morgan fingerprint density at radius 2 is 2.33 bits per heavy atom. The lowest BCUT2D eigenvalue weighted by atomic mass is 10.1. The standard InChI is InChI=1S/C16H25N3OS/c1-2-21-14-9-3-8-13(15(14)16(17)18)19-10-4-6-12(19)7-5-11-20/h3,8-9,12,20H,2,4-7,10-11H2,1H3,(H3,17,18). The molecule has 0 radical (unpaired) electrons. The molecule has 1 aromatic rings. The highest BCUT2D eigenvalue weighted by atomic mass is 32.2. The molecule has 1 aromatic carbocycles. The van der Waals surface area contributed by atoms with Gasteiger partial charge in [0, 0.05) is 29.8 Å². The van der Waals surface area contributed by atoms with E-state index in [2.05, 4.69) is 24.0 Å². The van der Waals surface area contributed by atoms with Crippen molar-refractivity contribution in [1.82, 2.24) is 0 Å². The molecule has 5 heteroatoms. The fourth-order valence-corrected chi connectivity index (χ4v) is 3.93. The van der Waals surface area contributed by atoms with Crippen LogP contribution in [0.4, 0.5) is 5.69 Å². The van der Waals surface area contributed by atoms with Crippen LogP contribution in [0, 0.1) is 5.41 Å². The zero-order chi connectivity index (χ0) is 15.2. The van der Waals surface area contributed by atoms with E-state index in [-0.39, 0.29) is 12.4 Å². The maximum absolute atomic E-state index is 9.06. The molecule has 21 heavy (non-hydrogen) atoms. The van der Waals surface area contributed by atoms with E-state index in [0.29, 0.717) is 6.04 Å². The summed E-state index contributed by atoms with van der Waals surface area (Å²) < 4.78 is 0. The maximum Gasteiger partial charge on any atom is 0.126 e. The molecule has 4 N–H and O–H groups in total. The predicted octanol–water partition coefficient (Wildman–Crippen LogP) is 2.82. The molecule has 1 heterocycles. The Hall–Kier alpha value is -1.20. The number of nitrogens with one attached hydrogen (secondary N) is 1. The molecule has 116 valence electrons. The second kappa shape index (κ2) is 7.71. The number of aliphatic hydroxyl groups excluding tert-OH is 1. The first kappa shape index (κ1) is 16.2. The van der Waals surface area contributed by atoms with Crippen molar-refractivity contribution in [2.24, 2.45) is 5.73 Å². The van der Waals surface area contributed by atoms with Crippen molar-refractivity contribution in [3.05, 3.63) is 23.8 Å². The Balaban J connectivity index is 2.33. The molecule has 0 amide bonds. The molecule has 4 nitrogen and oxygen atoms in total. The predicted molar refractivity (Wildman–Crippen MR) is 90.5 cm³/mol. The number of hydrogen-bond acceptors (Lipinski definition) is 4. The molecule has 1 aliphatic rings. The Morgan fingerprint density at radius 3 is 3.00 bits per heavy atom. The molecule has 0 spiro atoms. The first-order chi connectivity index (χ1) is 10.2. The Labute approximate surface area is 131 Å². The van der Waals surface area contributed by atoms with Crippen molar-refractivity contribution < 1.29 is 5.11 Å². The number of amidine groups is 1. The van der Waals surface area contributed by atoms with Gasteiger partial charge in [-0.2, -0.15) is 0 Å². The minimum Gasteiger partial charge on any atom is -0.396 e. The molecular weight excluding hydrogens is 282 g/mol. The maximum atomic E-state index is 9.06. The highest BCUT2D eigenvalue weighted by Crippen LogP contribution is 2.35. The summed E-state index contributed by atoms with van der Waals surface area (Å²) in [5, 5.41) is 17.0. The summed E-state index contributed by atoms with van der Waals surface area (Å²) in [7, 11) is 0. The number of rotatable bonds is 7. The third-order valence-electron chi connectivity index (χ3n) is 3.96. The van der Waals surface area contributed by atoms with E-state index in [1.807, 2.05) is 6.07 Å². The van der Waals surface area contributed by atoms with Gasteiger partial charge in [0.15, 0.2) is 0 Å². The van der Waals surface area contributed by atoms with Crippen LogP contribution in [0.5, 0.6) is 0 Å². The van der Waals surface area contributed by atoms with E-state index in [9.17, 15) is 0 Å². The fraction of sp³-hybridized carbons (Fsp3) is 0.562. The molecular formula is C16H25N3OS. The summed E-state index contributed by atoms with van der Waals surface area (Å²) in [6.07, 6.45) is 4.15. The Kier molecular flexibility index (Phi) is 5.94. The van der Waals surface area contributed by atoms with Crippen molar-refractivity contribution in [1.29, 1.82) is 5.41 Å². The average Bonchev–Trinajstić information content (AvgIpc) is 2.93. The number of benzene rings is 1. The summed E-state index contributed by atoms with van der Waals surface area (Å²) in [5.74, 6) is 1.12. The zero-order valence-corrected chi connectivity index (χ0v) is 13.5. The van der Waals surface area contributed by atoms with Crippen molar-refractivity contribution in [2.75, 3.05) is 23.8 Å². The van der Waals surface area contributed by atoms with Gasteiger partial charge < -0.3 is 15.7 Å². The summed E-state index contributed by atoms with van der Waals surface area (Å²) in [5.41, 5.74) is 7.82. The molecule has 1 aliphatic heterocycles. The number of aliphatic hydroxyl groups is 1. The smallest absolute Gasteiger partial charge is 0.126 e. The van der Waals surface area contributed by atoms with Crippen LogP contribution in [0.1, 0.15) is 38.2 Å². The van der Waals surface area contributed by atoms with Crippen LogP contribution in [0.15, 0.2) is 23.1 Å². The Bertz CT molecular complexity index is 492. The van der Waals surface area contributed by atoms with E-state index in [4.69, 9.17) is 16.2 Å². The van der Waals surface area contributed by atoms with Gasteiger partial charge in [-0.3, -0.25) is 5.41 Å². The summed E-state index contributed by atoms with van der Waals surface area (Å²) >= 11 is 1.73. The number of anilines is 1. The number of nitrogens with two attached hydrogens (primary N) is 1. The quantitative estimate of drug-likeness (QED) is 0.411. The molecule has 2 rings (SSSR count). The number of hydrogen-bond donors (Lipinski definition) is 3. The van der Waals surface area contributed by atoms with Crippen molar-refractivity contribution >= 4 is 23.3 Å². The van der Waals surface area contributed by atoms with Gasteiger partial charge in [0.25, 0.3) is 0 Å². The monoisotopic (exact) mass is 307 g/mol. The van der Waals surface area contributed by atoms with Gasteiger partial charge in [0.1, 0.15) is 5.84 Å². The van der Waals surface area contributed by atoms with Crippen LogP contribution in [0.2, 0.25) is 0 Å². The highest BCUT2D eigenvalue weighted by Gasteiger charge is 2.27. The molecule has 1 atom stereocenters.